The fraction of sp³-hybridized carbons (Fsp3) is 0.355. The first-order valence-electron chi connectivity index (χ1n) is 13.9. The molecule has 230 valence electrons. The van der Waals surface area contributed by atoms with Crippen molar-refractivity contribution < 1.29 is 35.9 Å². The maximum Gasteiger partial charge on any atom is 0.416 e. The second-order valence-corrected chi connectivity index (χ2v) is 12.3. The Morgan fingerprint density at radius 2 is 1.65 bits per heavy atom. The minimum absolute atomic E-state index is 0.0243. The van der Waals surface area contributed by atoms with Gasteiger partial charge in [0, 0.05) is 12.6 Å². The lowest BCUT2D eigenvalue weighted by molar-refractivity contribution is -0.139. The second-order valence-electron chi connectivity index (χ2n) is 10.4. The van der Waals surface area contributed by atoms with Crippen molar-refractivity contribution in [2.45, 2.75) is 62.3 Å². The van der Waals surface area contributed by atoms with Crippen molar-refractivity contribution >= 4 is 27.5 Å². The molecule has 1 atom stereocenters. The number of amides is 2. The van der Waals surface area contributed by atoms with Gasteiger partial charge in [-0.25, -0.2) is 8.42 Å². The number of carbonyl (C=O) groups is 2. The van der Waals surface area contributed by atoms with Crippen LogP contribution in [0.4, 0.5) is 18.9 Å². The van der Waals surface area contributed by atoms with Crippen molar-refractivity contribution in [2.24, 2.45) is 0 Å². The predicted octanol–water partition coefficient (Wildman–Crippen LogP) is 5.39. The van der Waals surface area contributed by atoms with Crippen LogP contribution in [-0.2, 0) is 32.3 Å². The molecule has 2 amide bonds. The topological polar surface area (TPSA) is 96.0 Å². The van der Waals surface area contributed by atoms with Gasteiger partial charge in [0.2, 0.25) is 11.8 Å². The van der Waals surface area contributed by atoms with Gasteiger partial charge in [0.1, 0.15) is 18.3 Å². The van der Waals surface area contributed by atoms with E-state index in [9.17, 15) is 31.2 Å². The first kappa shape index (κ1) is 31.9. The van der Waals surface area contributed by atoms with Crippen LogP contribution in [-0.4, -0.2) is 50.9 Å². The number of hydrogen-bond donors (Lipinski definition) is 1. The SMILES string of the molecule is COc1cccc(CN(C(=O)CN(c2cccc(C(F)(F)F)c2)S(=O)(=O)c2ccccc2)[C@H](C)C(=O)NC2CCCC2)c1. The fourth-order valence-corrected chi connectivity index (χ4v) is 6.45. The molecule has 1 N–H and O–H groups in total. The Morgan fingerprint density at radius 1 is 0.977 bits per heavy atom. The van der Waals surface area contributed by atoms with Gasteiger partial charge in [0.15, 0.2) is 0 Å². The van der Waals surface area contributed by atoms with Crippen molar-refractivity contribution in [1.82, 2.24) is 10.2 Å². The maximum atomic E-state index is 14.0. The quantitative estimate of drug-likeness (QED) is 0.312. The van der Waals surface area contributed by atoms with E-state index in [1.807, 2.05) is 0 Å². The monoisotopic (exact) mass is 617 g/mol. The lowest BCUT2D eigenvalue weighted by Gasteiger charge is -2.32. The molecular formula is C31H34F3N3O5S. The van der Waals surface area contributed by atoms with Gasteiger partial charge in [0.25, 0.3) is 10.0 Å². The molecule has 12 heteroatoms. The Morgan fingerprint density at radius 3 is 2.30 bits per heavy atom. The molecule has 0 radical (unpaired) electrons. The summed E-state index contributed by atoms with van der Waals surface area (Å²) in [6, 6.07) is 16.8. The summed E-state index contributed by atoms with van der Waals surface area (Å²) in [4.78, 5) is 28.3. The van der Waals surface area contributed by atoms with Gasteiger partial charge in [-0.2, -0.15) is 13.2 Å². The molecule has 0 unspecified atom stereocenters. The van der Waals surface area contributed by atoms with E-state index in [-0.39, 0.29) is 23.2 Å². The summed E-state index contributed by atoms with van der Waals surface area (Å²) < 4.78 is 74.4. The van der Waals surface area contributed by atoms with Crippen LogP contribution in [0.2, 0.25) is 0 Å². The van der Waals surface area contributed by atoms with Gasteiger partial charge in [-0.3, -0.25) is 13.9 Å². The highest BCUT2D eigenvalue weighted by atomic mass is 32.2. The largest absolute Gasteiger partial charge is 0.497 e. The molecule has 0 heterocycles. The van der Waals surface area contributed by atoms with Crippen LogP contribution in [0.15, 0.2) is 83.8 Å². The summed E-state index contributed by atoms with van der Waals surface area (Å²) in [5.74, 6) is -0.654. The summed E-state index contributed by atoms with van der Waals surface area (Å²) in [6.07, 6.45) is -1.14. The molecule has 1 aliphatic carbocycles. The molecule has 0 aromatic heterocycles. The Bertz CT molecular complexity index is 1530. The van der Waals surface area contributed by atoms with E-state index in [4.69, 9.17) is 4.74 Å². The third-order valence-electron chi connectivity index (χ3n) is 7.43. The van der Waals surface area contributed by atoms with Crippen LogP contribution in [0.1, 0.15) is 43.7 Å². The van der Waals surface area contributed by atoms with Crippen LogP contribution in [0, 0.1) is 0 Å². The number of sulfonamides is 1. The summed E-state index contributed by atoms with van der Waals surface area (Å²) in [7, 11) is -3.01. The van der Waals surface area contributed by atoms with Crippen molar-refractivity contribution in [3.05, 3.63) is 90.0 Å². The standard InChI is InChI=1S/C31H34F3N3O5S/c1-22(30(39)35-25-12-6-7-13-25)36(20-23-10-8-15-27(18-23)42-2)29(38)21-37(43(40,41)28-16-4-3-5-17-28)26-14-9-11-24(19-26)31(32,33)34/h3-5,8-11,14-19,22,25H,6-7,12-13,20-21H2,1-2H3,(H,35,39)/t22-/m1/s1. The van der Waals surface area contributed by atoms with E-state index < -0.39 is 46.2 Å². The number of benzene rings is 3. The molecule has 0 aliphatic heterocycles. The van der Waals surface area contributed by atoms with Gasteiger partial charge in [-0.05, 0) is 67.8 Å². The Balaban J connectivity index is 1.73. The molecule has 43 heavy (non-hydrogen) atoms. The maximum absolute atomic E-state index is 14.0. The second kappa shape index (κ2) is 13.5. The average molecular weight is 618 g/mol. The summed E-state index contributed by atoms with van der Waals surface area (Å²) >= 11 is 0. The third-order valence-corrected chi connectivity index (χ3v) is 9.22. The minimum atomic E-state index is -4.74. The molecule has 4 rings (SSSR count). The van der Waals surface area contributed by atoms with Gasteiger partial charge < -0.3 is 15.0 Å². The van der Waals surface area contributed by atoms with Crippen LogP contribution < -0.4 is 14.4 Å². The van der Waals surface area contributed by atoms with E-state index in [2.05, 4.69) is 5.32 Å². The number of anilines is 1. The summed E-state index contributed by atoms with van der Waals surface area (Å²) in [5, 5.41) is 2.97. The molecule has 0 spiro atoms. The van der Waals surface area contributed by atoms with E-state index in [0.29, 0.717) is 21.7 Å². The van der Waals surface area contributed by atoms with Crippen LogP contribution in [0.3, 0.4) is 0 Å². The van der Waals surface area contributed by atoms with Gasteiger partial charge >= 0.3 is 6.18 Å². The van der Waals surface area contributed by atoms with Gasteiger partial charge in [0.05, 0.1) is 23.3 Å². The highest BCUT2D eigenvalue weighted by molar-refractivity contribution is 7.92. The lowest BCUT2D eigenvalue weighted by atomic mass is 10.1. The zero-order chi connectivity index (χ0) is 31.2. The Kier molecular flexibility index (Phi) is 10.0. The van der Waals surface area contributed by atoms with E-state index in [0.717, 1.165) is 37.8 Å². The molecule has 0 bridgehead atoms. The first-order valence-corrected chi connectivity index (χ1v) is 15.3. The fourth-order valence-electron chi connectivity index (χ4n) is 5.03. The molecule has 8 nitrogen and oxygen atoms in total. The molecule has 0 saturated heterocycles. The molecule has 1 aliphatic rings. The zero-order valence-corrected chi connectivity index (χ0v) is 24.7. The first-order chi connectivity index (χ1) is 20.4. The number of carbonyl (C=O) groups excluding carboxylic acids is 2. The third kappa shape index (κ3) is 7.86. The van der Waals surface area contributed by atoms with Crippen LogP contribution in [0.5, 0.6) is 5.75 Å². The average Bonchev–Trinajstić information content (AvgIpc) is 3.51. The minimum Gasteiger partial charge on any atom is -0.497 e. The molecular weight excluding hydrogens is 583 g/mol. The van der Waals surface area contributed by atoms with E-state index >= 15 is 0 Å². The number of rotatable bonds is 11. The number of nitrogens with one attached hydrogen (secondary N) is 1. The highest BCUT2D eigenvalue weighted by Gasteiger charge is 2.35. The highest BCUT2D eigenvalue weighted by Crippen LogP contribution is 2.33. The van der Waals surface area contributed by atoms with E-state index in [1.165, 1.54) is 42.3 Å². The number of halogens is 3. The van der Waals surface area contributed by atoms with Crippen molar-refractivity contribution in [3.63, 3.8) is 0 Å². The van der Waals surface area contributed by atoms with Crippen molar-refractivity contribution in [2.75, 3.05) is 18.0 Å². The van der Waals surface area contributed by atoms with E-state index in [1.54, 1.807) is 37.3 Å². The lowest BCUT2D eigenvalue weighted by Crippen LogP contribution is -2.52. The van der Waals surface area contributed by atoms with Gasteiger partial charge in [-0.1, -0.05) is 49.2 Å². The number of hydrogen-bond acceptors (Lipinski definition) is 5. The summed E-state index contributed by atoms with van der Waals surface area (Å²) in [5.41, 5.74) is -0.788. The molecule has 1 saturated carbocycles. The zero-order valence-electron chi connectivity index (χ0n) is 23.9. The summed E-state index contributed by atoms with van der Waals surface area (Å²) in [6.45, 7) is 0.628. The normalized spacial score (nSPS) is 14.6. The van der Waals surface area contributed by atoms with Gasteiger partial charge in [-0.15, -0.1) is 0 Å². The Labute approximate surface area is 249 Å². The number of nitrogens with zero attached hydrogens (tertiary/aromatic N) is 2. The molecule has 1 fully saturated rings. The van der Waals surface area contributed by atoms with Crippen LogP contribution in [0.25, 0.3) is 0 Å². The van der Waals surface area contributed by atoms with Crippen molar-refractivity contribution in [3.8, 4) is 5.75 Å². The number of methoxy groups -OCH3 is 1. The number of alkyl halides is 3. The molecule has 3 aromatic rings. The molecule has 3 aromatic carbocycles. The van der Waals surface area contributed by atoms with Crippen LogP contribution >= 0.6 is 0 Å². The van der Waals surface area contributed by atoms with Crippen molar-refractivity contribution in [1.29, 1.82) is 0 Å². The predicted molar refractivity (Wildman–Crippen MR) is 156 cm³/mol. The Hall–Kier alpha value is -4.06. The number of ether oxygens (including phenoxy) is 1. The smallest absolute Gasteiger partial charge is 0.416 e.